The zero-order valence-corrected chi connectivity index (χ0v) is 12.5. The summed E-state index contributed by atoms with van der Waals surface area (Å²) < 4.78 is 10.6. The van der Waals surface area contributed by atoms with E-state index in [0.29, 0.717) is 6.42 Å². The monoisotopic (exact) mass is 268 g/mol. The van der Waals surface area contributed by atoms with E-state index in [0.717, 1.165) is 12.8 Å². The lowest BCUT2D eigenvalue weighted by Crippen LogP contribution is -2.37. The molecule has 0 aromatic carbocycles. The van der Waals surface area contributed by atoms with Crippen molar-refractivity contribution >= 4 is 11.9 Å². The molecule has 0 aromatic rings. The molecule has 0 bridgehead atoms. The van der Waals surface area contributed by atoms with Crippen molar-refractivity contribution in [1.82, 2.24) is 0 Å². The largest absolute Gasteiger partial charge is 0.452 e. The number of carbonyl (C=O) groups excluding carboxylic acids is 2. The van der Waals surface area contributed by atoms with Crippen molar-refractivity contribution < 1.29 is 19.1 Å². The minimum absolute atomic E-state index is 0.369. The average Bonchev–Trinajstić information content (AvgIpc) is 2.75. The number of rotatable bonds is 5. The van der Waals surface area contributed by atoms with E-state index >= 15 is 0 Å². The van der Waals surface area contributed by atoms with E-state index in [-0.39, 0.29) is 5.97 Å². The fourth-order valence-electron chi connectivity index (χ4n) is 1.70. The second kappa shape index (κ2) is 5.76. The standard InChI is InChI=1S/C15H24O4/c1-6-14(3,4)13(17)18-11(2)12(16)19-15(5)9-7-8-10-15/h7,9,11H,6,8,10H2,1-5H3. The highest BCUT2D eigenvalue weighted by Crippen LogP contribution is 2.27. The lowest BCUT2D eigenvalue weighted by atomic mass is 9.90. The van der Waals surface area contributed by atoms with Gasteiger partial charge in [-0.1, -0.05) is 13.0 Å². The molecule has 108 valence electrons. The van der Waals surface area contributed by atoms with Gasteiger partial charge in [0.25, 0.3) is 0 Å². The Bertz CT molecular complexity index is 384. The van der Waals surface area contributed by atoms with Gasteiger partial charge >= 0.3 is 11.9 Å². The fraction of sp³-hybridized carbons (Fsp3) is 0.733. The van der Waals surface area contributed by atoms with E-state index in [1.807, 2.05) is 26.0 Å². The van der Waals surface area contributed by atoms with Gasteiger partial charge in [0.2, 0.25) is 0 Å². The van der Waals surface area contributed by atoms with Crippen molar-refractivity contribution in [2.45, 2.75) is 65.6 Å². The van der Waals surface area contributed by atoms with Crippen LogP contribution in [0.3, 0.4) is 0 Å². The van der Waals surface area contributed by atoms with Crippen LogP contribution in [0.4, 0.5) is 0 Å². The number of esters is 2. The van der Waals surface area contributed by atoms with Gasteiger partial charge in [0.05, 0.1) is 5.41 Å². The lowest BCUT2D eigenvalue weighted by molar-refractivity contribution is -0.178. The fourth-order valence-corrected chi connectivity index (χ4v) is 1.70. The maximum absolute atomic E-state index is 11.9. The van der Waals surface area contributed by atoms with Gasteiger partial charge in [-0.3, -0.25) is 4.79 Å². The molecule has 0 fully saturated rings. The topological polar surface area (TPSA) is 52.6 Å². The normalized spacial score (nSPS) is 24.1. The predicted molar refractivity (Wildman–Crippen MR) is 72.5 cm³/mol. The van der Waals surface area contributed by atoms with Crippen LogP contribution in [0.1, 0.15) is 53.9 Å². The van der Waals surface area contributed by atoms with Crippen LogP contribution >= 0.6 is 0 Å². The van der Waals surface area contributed by atoms with Gasteiger partial charge in [0.1, 0.15) is 5.60 Å². The molecule has 2 atom stereocenters. The third kappa shape index (κ3) is 4.08. The molecule has 1 aliphatic carbocycles. The van der Waals surface area contributed by atoms with Crippen LogP contribution in [0.5, 0.6) is 0 Å². The van der Waals surface area contributed by atoms with Crippen molar-refractivity contribution in [1.29, 1.82) is 0 Å². The molecule has 4 nitrogen and oxygen atoms in total. The Labute approximate surface area is 115 Å². The Hall–Kier alpha value is -1.32. The van der Waals surface area contributed by atoms with Gasteiger partial charge in [-0.05, 0) is 53.0 Å². The summed E-state index contributed by atoms with van der Waals surface area (Å²) >= 11 is 0. The number of carbonyl (C=O) groups is 2. The van der Waals surface area contributed by atoms with Crippen molar-refractivity contribution in [3.63, 3.8) is 0 Å². The summed E-state index contributed by atoms with van der Waals surface area (Å²) in [6.45, 7) is 8.92. The summed E-state index contributed by atoms with van der Waals surface area (Å²) in [4.78, 5) is 23.8. The summed E-state index contributed by atoms with van der Waals surface area (Å²) in [6.07, 6.45) is 5.35. The number of ether oxygens (including phenoxy) is 2. The Morgan fingerprint density at radius 1 is 1.42 bits per heavy atom. The second-order valence-corrected chi connectivity index (χ2v) is 5.96. The van der Waals surface area contributed by atoms with Crippen LogP contribution in [-0.2, 0) is 19.1 Å². The third-order valence-electron chi connectivity index (χ3n) is 3.66. The van der Waals surface area contributed by atoms with Crippen LogP contribution in [-0.4, -0.2) is 23.6 Å². The van der Waals surface area contributed by atoms with Gasteiger partial charge in [0.15, 0.2) is 6.10 Å². The van der Waals surface area contributed by atoms with Crippen molar-refractivity contribution in [3.8, 4) is 0 Å². The first kappa shape index (κ1) is 15.7. The molecular formula is C15H24O4. The molecule has 1 rings (SSSR count). The quantitative estimate of drug-likeness (QED) is 0.568. The summed E-state index contributed by atoms with van der Waals surface area (Å²) in [5.41, 5.74) is -1.14. The molecule has 0 aromatic heterocycles. The first-order chi connectivity index (χ1) is 8.70. The van der Waals surface area contributed by atoms with E-state index in [2.05, 4.69) is 0 Å². The molecule has 0 aliphatic heterocycles. The van der Waals surface area contributed by atoms with Crippen LogP contribution in [0.15, 0.2) is 12.2 Å². The Morgan fingerprint density at radius 2 is 2.05 bits per heavy atom. The maximum atomic E-state index is 11.9. The summed E-state index contributed by atoms with van der Waals surface area (Å²) in [5, 5.41) is 0. The van der Waals surface area contributed by atoms with Crippen molar-refractivity contribution in [3.05, 3.63) is 12.2 Å². The molecule has 4 heteroatoms. The minimum Gasteiger partial charge on any atom is -0.452 e. The number of hydrogen-bond donors (Lipinski definition) is 0. The molecule has 0 N–H and O–H groups in total. The molecule has 0 saturated carbocycles. The second-order valence-electron chi connectivity index (χ2n) is 5.96. The minimum atomic E-state index is -0.871. The summed E-state index contributed by atoms with van der Waals surface area (Å²) in [5.74, 6) is -0.860. The number of allylic oxidation sites excluding steroid dienone is 1. The third-order valence-corrected chi connectivity index (χ3v) is 3.66. The van der Waals surface area contributed by atoms with Gasteiger partial charge in [0, 0.05) is 0 Å². The first-order valence-corrected chi connectivity index (χ1v) is 6.82. The predicted octanol–water partition coefficient (Wildman–Crippen LogP) is 3.01. The van der Waals surface area contributed by atoms with E-state index in [1.165, 1.54) is 0 Å². The zero-order valence-electron chi connectivity index (χ0n) is 12.5. The Kier molecular flexibility index (Phi) is 4.77. The molecule has 19 heavy (non-hydrogen) atoms. The van der Waals surface area contributed by atoms with Gasteiger partial charge < -0.3 is 9.47 Å². The first-order valence-electron chi connectivity index (χ1n) is 6.82. The highest BCUT2D eigenvalue weighted by Gasteiger charge is 2.34. The van der Waals surface area contributed by atoms with Crippen LogP contribution in [0.2, 0.25) is 0 Å². The summed E-state index contributed by atoms with van der Waals surface area (Å²) in [6, 6.07) is 0. The Balaban J connectivity index is 2.54. The molecule has 0 spiro atoms. The Morgan fingerprint density at radius 3 is 2.53 bits per heavy atom. The smallest absolute Gasteiger partial charge is 0.348 e. The highest BCUT2D eigenvalue weighted by atomic mass is 16.6. The van der Waals surface area contributed by atoms with E-state index in [9.17, 15) is 9.59 Å². The molecular weight excluding hydrogens is 244 g/mol. The summed E-state index contributed by atoms with van der Waals surface area (Å²) in [7, 11) is 0. The average molecular weight is 268 g/mol. The van der Waals surface area contributed by atoms with Crippen LogP contribution in [0.25, 0.3) is 0 Å². The molecule has 0 amide bonds. The van der Waals surface area contributed by atoms with Crippen LogP contribution in [0, 0.1) is 5.41 Å². The highest BCUT2D eigenvalue weighted by molar-refractivity contribution is 5.81. The molecule has 0 radical (unpaired) electrons. The molecule has 2 unspecified atom stereocenters. The van der Waals surface area contributed by atoms with Crippen LogP contribution < -0.4 is 0 Å². The molecule has 0 heterocycles. The van der Waals surface area contributed by atoms with Crippen molar-refractivity contribution in [2.24, 2.45) is 5.41 Å². The maximum Gasteiger partial charge on any atom is 0.348 e. The molecule has 1 aliphatic rings. The lowest BCUT2D eigenvalue weighted by Gasteiger charge is -2.26. The number of hydrogen-bond acceptors (Lipinski definition) is 4. The zero-order chi connectivity index (χ0) is 14.7. The van der Waals surface area contributed by atoms with Gasteiger partial charge in [-0.25, -0.2) is 4.79 Å². The van der Waals surface area contributed by atoms with E-state index < -0.39 is 23.1 Å². The van der Waals surface area contributed by atoms with Gasteiger partial charge in [-0.2, -0.15) is 0 Å². The van der Waals surface area contributed by atoms with E-state index in [1.54, 1.807) is 20.8 Å². The molecule has 0 saturated heterocycles. The van der Waals surface area contributed by atoms with Crippen molar-refractivity contribution in [2.75, 3.05) is 0 Å². The SMILES string of the molecule is CCC(C)(C)C(=O)OC(C)C(=O)OC1(C)C=CCC1. The van der Waals surface area contributed by atoms with Gasteiger partial charge in [-0.15, -0.1) is 0 Å². The van der Waals surface area contributed by atoms with E-state index in [4.69, 9.17) is 9.47 Å².